The Hall–Kier alpha value is -2.85. The van der Waals surface area contributed by atoms with Crippen LogP contribution in [0.5, 0.6) is 5.75 Å². The van der Waals surface area contributed by atoms with Crippen molar-refractivity contribution >= 4 is 27.5 Å². The van der Waals surface area contributed by atoms with Gasteiger partial charge in [-0.15, -0.1) is 0 Å². The van der Waals surface area contributed by atoms with Crippen LogP contribution in [0.3, 0.4) is 0 Å². The minimum Gasteiger partial charge on any atom is -0.476 e. The molecule has 9 nitrogen and oxygen atoms in total. The maximum Gasteiger partial charge on any atom is 0.275 e. The number of hydrogen-bond donors (Lipinski definition) is 0. The Kier molecular flexibility index (Phi) is 5.52. The molecule has 1 aromatic carbocycles. The number of hydrogen-bond acceptors (Lipinski definition) is 5. The van der Waals surface area contributed by atoms with Gasteiger partial charge in [0, 0.05) is 40.4 Å². The van der Waals surface area contributed by atoms with Crippen molar-refractivity contribution in [2.75, 3.05) is 38.6 Å². The first-order valence-corrected chi connectivity index (χ1v) is 11.6. The summed E-state index contributed by atoms with van der Waals surface area (Å²) in [6.07, 6.45) is 2.30. The van der Waals surface area contributed by atoms with Gasteiger partial charge < -0.3 is 14.2 Å². The number of anilines is 1. The molecule has 0 spiro atoms. The van der Waals surface area contributed by atoms with E-state index in [0.29, 0.717) is 24.5 Å². The minimum absolute atomic E-state index is 0.0340. The van der Waals surface area contributed by atoms with Crippen molar-refractivity contribution in [3.8, 4) is 5.75 Å². The Bertz CT molecular complexity index is 1120. The van der Waals surface area contributed by atoms with Crippen LogP contribution in [0.25, 0.3) is 0 Å². The van der Waals surface area contributed by atoms with E-state index in [9.17, 15) is 18.0 Å². The lowest BCUT2D eigenvalue weighted by Crippen LogP contribution is -2.50. The van der Waals surface area contributed by atoms with E-state index in [1.54, 1.807) is 45.4 Å². The second-order valence-electron chi connectivity index (χ2n) is 8.01. The highest BCUT2D eigenvalue weighted by Crippen LogP contribution is 2.35. The van der Waals surface area contributed by atoms with Gasteiger partial charge in [-0.2, -0.15) is 4.31 Å². The molecule has 1 saturated heterocycles. The fourth-order valence-electron chi connectivity index (χ4n) is 3.95. The van der Waals surface area contributed by atoms with Crippen molar-refractivity contribution in [2.24, 2.45) is 7.05 Å². The summed E-state index contributed by atoms with van der Waals surface area (Å²) in [4.78, 5) is 29.0. The summed E-state index contributed by atoms with van der Waals surface area (Å²) in [6.45, 7) is 1.02. The molecule has 4 rings (SSSR count). The molecule has 2 amide bonds. The lowest BCUT2D eigenvalue weighted by molar-refractivity contribution is -0.135. The molecule has 1 aromatic heterocycles. The third kappa shape index (κ3) is 3.81. The monoisotopic (exact) mass is 446 g/mol. The van der Waals surface area contributed by atoms with E-state index in [-0.39, 0.29) is 23.0 Å². The van der Waals surface area contributed by atoms with E-state index < -0.39 is 22.0 Å². The molecule has 166 valence electrons. The zero-order chi connectivity index (χ0) is 22.3. The molecule has 1 fully saturated rings. The van der Waals surface area contributed by atoms with Crippen LogP contribution in [-0.2, 0) is 21.9 Å². The number of sulfonamides is 1. The average Bonchev–Trinajstić information content (AvgIpc) is 3.42. The second kappa shape index (κ2) is 8.01. The van der Waals surface area contributed by atoms with Crippen LogP contribution in [0.2, 0.25) is 0 Å². The first-order chi connectivity index (χ1) is 14.7. The highest BCUT2D eigenvalue weighted by Gasteiger charge is 2.36. The number of nitrogens with zero attached hydrogens (tertiary/aromatic N) is 4. The Labute approximate surface area is 181 Å². The van der Waals surface area contributed by atoms with Crippen LogP contribution in [0, 0.1) is 0 Å². The van der Waals surface area contributed by atoms with Crippen molar-refractivity contribution in [2.45, 2.75) is 23.8 Å². The van der Waals surface area contributed by atoms with Gasteiger partial charge in [-0.3, -0.25) is 14.5 Å². The lowest BCUT2D eigenvalue weighted by atomic mass is 10.1. The van der Waals surface area contributed by atoms with Gasteiger partial charge in [-0.25, -0.2) is 8.42 Å². The molecule has 3 heterocycles. The van der Waals surface area contributed by atoms with Gasteiger partial charge in [0.25, 0.3) is 11.8 Å². The molecule has 2 aliphatic rings. The Balaban J connectivity index is 1.69. The van der Waals surface area contributed by atoms with Crippen LogP contribution in [0.15, 0.2) is 41.4 Å². The van der Waals surface area contributed by atoms with E-state index in [0.717, 1.165) is 12.8 Å². The van der Waals surface area contributed by atoms with Gasteiger partial charge >= 0.3 is 0 Å². The number of benzene rings is 1. The van der Waals surface area contributed by atoms with E-state index in [1.165, 1.54) is 30.9 Å². The van der Waals surface area contributed by atoms with Crippen LogP contribution in [0.1, 0.15) is 23.3 Å². The fraction of sp³-hybridized carbons (Fsp3) is 0.429. The van der Waals surface area contributed by atoms with Crippen molar-refractivity contribution in [3.05, 3.63) is 42.2 Å². The largest absolute Gasteiger partial charge is 0.476 e. The maximum atomic E-state index is 13.5. The summed E-state index contributed by atoms with van der Waals surface area (Å²) in [6, 6.07) is 8.42. The Morgan fingerprint density at radius 3 is 2.48 bits per heavy atom. The summed E-state index contributed by atoms with van der Waals surface area (Å²) < 4.78 is 34.7. The topological polar surface area (TPSA) is 92.2 Å². The van der Waals surface area contributed by atoms with Gasteiger partial charge in [-0.05, 0) is 31.0 Å². The highest BCUT2D eigenvalue weighted by atomic mass is 32.2. The number of aryl methyl sites for hydroxylation is 1. The van der Waals surface area contributed by atoms with Crippen molar-refractivity contribution in [1.29, 1.82) is 0 Å². The number of ether oxygens (including phenoxy) is 1. The van der Waals surface area contributed by atoms with Gasteiger partial charge in [0.15, 0.2) is 6.10 Å². The summed E-state index contributed by atoms with van der Waals surface area (Å²) in [5.74, 6) is -0.212. The molecular formula is C21H26N4O5S. The van der Waals surface area contributed by atoms with Crippen LogP contribution in [-0.4, -0.2) is 73.8 Å². The fourth-order valence-corrected chi connectivity index (χ4v) is 5.54. The van der Waals surface area contributed by atoms with Crippen LogP contribution < -0.4 is 9.64 Å². The standard InChI is InChI=1S/C21H26N4O5S/c1-22(2)21(27)19-14-25(16-8-4-5-9-18(16)30-19)20(26)17-12-15(13-23(17)3)31(28,29)24-10-6-7-11-24/h4-5,8-9,12-13,19H,6-7,10-11,14H2,1-3H3. The van der Waals surface area contributed by atoms with Crippen molar-refractivity contribution in [1.82, 2.24) is 13.8 Å². The normalized spacial score (nSPS) is 19.1. The number of aromatic nitrogens is 1. The Morgan fingerprint density at radius 2 is 1.81 bits per heavy atom. The molecule has 0 radical (unpaired) electrons. The van der Waals surface area contributed by atoms with E-state index in [4.69, 9.17) is 4.74 Å². The smallest absolute Gasteiger partial charge is 0.275 e. The van der Waals surface area contributed by atoms with Gasteiger partial charge in [0.05, 0.1) is 12.2 Å². The molecule has 1 atom stereocenters. The zero-order valence-electron chi connectivity index (χ0n) is 17.8. The predicted octanol–water partition coefficient (Wildman–Crippen LogP) is 1.31. The van der Waals surface area contributed by atoms with Gasteiger partial charge in [-0.1, -0.05) is 12.1 Å². The molecule has 0 bridgehead atoms. The molecule has 0 aliphatic carbocycles. The summed E-state index contributed by atoms with van der Waals surface area (Å²) in [5, 5.41) is 0. The molecule has 2 aliphatic heterocycles. The minimum atomic E-state index is -3.64. The number of rotatable bonds is 4. The zero-order valence-corrected chi connectivity index (χ0v) is 18.6. The van der Waals surface area contributed by atoms with E-state index >= 15 is 0 Å². The summed E-state index contributed by atoms with van der Waals surface area (Å²) in [7, 11) is 1.26. The van der Waals surface area contributed by atoms with E-state index in [1.807, 2.05) is 0 Å². The molecule has 0 N–H and O–H groups in total. The predicted molar refractivity (Wildman–Crippen MR) is 115 cm³/mol. The molecule has 1 unspecified atom stereocenters. The lowest BCUT2D eigenvalue weighted by Gasteiger charge is -2.35. The number of para-hydroxylation sites is 2. The molecule has 0 saturated carbocycles. The second-order valence-corrected chi connectivity index (χ2v) is 9.94. The summed E-state index contributed by atoms with van der Waals surface area (Å²) in [5.41, 5.74) is 0.769. The van der Waals surface area contributed by atoms with Crippen molar-refractivity contribution < 1.29 is 22.7 Å². The number of fused-ring (bicyclic) bond motifs is 1. The van der Waals surface area contributed by atoms with Gasteiger partial charge in [0.1, 0.15) is 16.3 Å². The highest BCUT2D eigenvalue weighted by molar-refractivity contribution is 7.89. The van der Waals surface area contributed by atoms with Crippen molar-refractivity contribution in [3.63, 3.8) is 0 Å². The molecule has 10 heteroatoms. The third-order valence-electron chi connectivity index (χ3n) is 5.64. The number of likely N-dealkylation sites (N-methyl/N-ethyl adjacent to an activating group) is 1. The molecule has 31 heavy (non-hydrogen) atoms. The number of carbonyl (C=O) groups is 2. The SMILES string of the molecule is CN(C)C(=O)C1CN(C(=O)c2cc(S(=O)(=O)N3CCCC3)cn2C)c2ccccc2O1. The number of amides is 2. The van der Waals surface area contributed by atoms with E-state index in [2.05, 4.69) is 0 Å². The first kappa shape index (κ1) is 21.4. The maximum absolute atomic E-state index is 13.5. The molecular weight excluding hydrogens is 420 g/mol. The Morgan fingerprint density at radius 1 is 1.13 bits per heavy atom. The quantitative estimate of drug-likeness (QED) is 0.706. The third-order valence-corrected chi connectivity index (χ3v) is 7.50. The molecule has 2 aromatic rings. The van der Waals surface area contributed by atoms with Gasteiger partial charge in [0.2, 0.25) is 10.0 Å². The van der Waals surface area contributed by atoms with Crippen LogP contribution >= 0.6 is 0 Å². The number of carbonyl (C=O) groups excluding carboxylic acids is 2. The van der Waals surface area contributed by atoms with Crippen LogP contribution in [0.4, 0.5) is 5.69 Å². The summed E-state index contributed by atoms with van der Waals surface area (Å²) >= 11 is 0. The first-order valence-electron chi connectivity index (χ1n) is 10.2. The average molecular weight is 447 g/mol.